The van der Waals surface area contributed by atoms with Crippen molar-refractivity contribution in [2.24, 2.45) is 7.05 Å². The van der Waals surface area contributed by atoms with E-state index in [2.05, 4.69) is 5.32 Å². The summed E-state index contributed by atoms with van der Waals surface area (Å²) in [6.07, 6.45) is 3.59. The molecule has 0 spiro atoms. The van der Waals surface area contributed by atoms with E-state index in [0.717, 1.165) is 5.56 Å². The van der Waals surface area contributed by atoms with Crippen molar-refractivity contribution in [2.45, 2.75) is 6.54 Å². The third kappa shape index (κ3) is 2.87. The number of aryl methyl sites for hydroxylation is 1. The monoisotopic (exact) mass is 267 g/mol. The Bertz CT molecular complexity index is 625. The highest BCUT2D eigenvalue weighted by molar-refractivity contribution is 5.62. The average Bonchev–Trinajstić information content (AvgIpc) is 2.73. The van der Waals surface area contributed by atoms with Crippen molar-refractivity contribution >= 4 is 11.4 Å². The SMILES string of the molecule is Cn1ccc(CNc2c(F)cc(F)cc2[N+](=O)[O-])c1. The van der Waals surface area contributed by atoms with Gasteiger partial charge in [-0.15, -0.1) is 0 Å². The van der Waals surface area contributed by atoms with Crippen molar-refractivity contribution in [3.63, 3.8) is 0 Å². The quantitative estimate of drug-likeness (QED) is 0.684. The normalized spacial score (nSPS) is 10.5. The maximum Gasteiger partial charge on any atom is 0.298 e. The average molecular weight is 267 g/mol. The second kappa shape index (κ2) is 5.05. The van der Waals surface area contributed by atoms with Gasteiger partial charge in [0.05, 0.1) is 11.0 Å². The lowest BCUT2D eigenvalue weighted by Gasteiger charge is -2.07. The molecule has 0 aliphatic carbocycles. The van der Waals surface area contributed by atoms with Crippen LogP contribution in [0.25, 0.3) is 0 Å². The summed E-state index contributed by atoms with van der Waals surface area (Å²) in [5.41, 5.74) is -0.0933. The predicted octanol–water partition coefficient (Wildman–Crippen LogP) is 2.82. The van der Waals surface area contributed by atoms with E-state index in [1.165, 1.54) is 0 Å². The highest BCUT2D eigenvalue weighted by atomic mass is 19.1. The molecular formula is C12H11F2N3O2. The number of nitrogens with zero attached hydrogens (tertiary/aromatic N) is 2. The van der Waals surface area contributed by atoms with E-state index in [1.807, 2.05) is 7.05 Å². The van der Waals surface area contributed by atoms with Crippen LogP contribution in [0.5, 0.6) is 0 Å². The Morgan fingerprint density at radius 2 is 2.16 bits per heavy atom. The van der Waals surface area contributed by atoms with E-state index in [-0.39, 0.29) is 12.2 Å². The molecule has 0 unspecified atom stereocenters. The Morgan fingerprint density at radius 1 is 1.42 bits per heavy atom. The molecule has 0 radical (unpaired) electrons. The van der Waals surface area contributed by atoms with Gasteiger partial charge in [-0.1, -0.05) is 0 Å². The highest BCUT2D eigenvalue weighted by Gasteiger charge is 2.20. The van der Waals surface area contributed by atoms with Gasteiger partial charge in [0.1, 0.15) is 11.5 Å². The fourth-order valence-electron chi connectivity index (χ4n) is 1.73. The van der Waals surface area contributed by atoms with Gasteiger partial charge in [-0.2, -0.15) is 0 Å². The minimum atomic E-state index is -0.984. The zero-order valence-electron chi connectivity index (χ0n) is 10.1. The molecule has 0 bridgehead atoms. The number of halogens is 2. The molecule has 0 saturated carbocycles. The molecule has 2 aromatic rings. The first-order chi connectivity index (χ1) is 8.97. The van der Waals surface area contributed by atoms with Crippen LogP contribution in [-0.2, 0) is 13.6 Å². The third-order valence-electron chi connectivity index (χ3n) is 2.59. The van der Waals surface area contributed by atoms with E-state index in [0.29, 0.717) is 12.1 Å². The first-order valence-electron chi connectivity index (χ1n) is 5.45. The summed E-state index contributed by atoms with van der Waals surface area (Å²) in [4.78, 5) is 9.95. The molecule has 0 amide bonds. The van der Waals surface area contributed by atoms with Crippen molar-refractivity contribution in [1.29, 1.82) is 0 Å². The summed E-state index contributed by atoms with van der Waals surface area (Å²) in [7, 11) is 1.82. The standard InChI is InChI=1S/C12H11F2N3O2/c1-16-3-2-8(7-16)6-15-12-10(14)4-9(13)5-11(12)17(18)19/h2-5,7,15H,6H2,1H3. The molecule has 0 aliphatic rings. The molecule has 7 heteroatoms. The molecule has 1 heterocycles. The van der Waals surface area contributed by atoms with E-state index in [9.17, 15) is 18.9 Å². The third-order valence-corrected chi connectivity index (χ3v) is 2.59. The van der Waals surface area contributed by atoms with Crippen LogP contribution in [0.2, 0.25) is 0 Å². The summed E-state index contributed by atoms with van der Waals surface area (Å²) >= 11 is 0. The first kappa shape index (κ1) is 13.0. The van der Waals surface area contributed by atoms with Crippen molar-refractivity contribution in [1.82, 2.24) is 4.57 Å². The van der Waals surface area contributed by atoms with Crippen LogP contribution in [0.15, 0.2) is 30.6 Å². The van der Waals surface area contributed by atoms with Crippen molar-refractivity contribution in [2.75, 3.05) is 5.32 Å². The minimum Gasteiger partial charge on any atom is -0.373 e. The molecule has 1 aromatic heterocycles. The summed E-state index contributed by atoms with van der Waals surface area (Å²) in [5.74, 6) is -1.96. The number of benzene rings is 1. The second-order valence-corrected chi connectivity index (χ2v) is 4.08. The molecule has 0 atom stereocenters. The number of anilines is 1. The summed E-state index contributed by atoms with van der Waals surface area (Å²) < 4.78 is 28.3. The largest absolute Gasteiger partial charge is 0.373 e. The molecule has 0 aliphatic heterocycles. The van der Waals surface area contributed by atoms with E-state index < -0.39 is 22.2 Å². The van der Waals surface area contributed by atoms with Gasteiger partial charge in [-0.3, -0.25) is 10.1 Å². The van der Waals surface area contributed by atoms with Gasteiger partial charge in [0.15, 0.2) is 5.82 Å². The van der Waals surface area contributed by atoms with Crippen molar-refractivity contribution < 1.29 is 13.7 Å². The Balaban J connectivity index is 2.26. The van der Waals surface area contributed by atoms with E-state index in [1.54, 1.807) is 23.0 Å². The lowest BCUT2D eigenvalue weighted by Crippen LogP contribution is -2.05. The lowest BCUT2D eigenvalue weighted by molar-refractivity contribution is -0.384. The van der Waals surface area contributed by atoms with Crippen molar-refractivity contribution in [3.8, 4) is 0 Å². The number of aromatic nitrogens is 1. The molecular weight excluding hydrogens is 256 g/mol. The predicted molar refractivity (Wildman–Crippen MR) is 65.8 cm³/mol. The Morgan fingerprint density at radius 3 is 2.74 bits per heavy atom. The van der Waals surface area contributed by atoms with Crippen LogP contribution < -0.4 is 5.32 Å². The summed E-state index contributed by atoms with van der Waals surface area (Å²) in [6, 6.07) is 3.09. The molecule has 1 aromatic carbocycles. The van der Waals surface area contributed by atoms with Gasteiger partial charge in [-0.25, -0.2) is 8.78 Å². The van der Waals surface area contributed by atoms with Crippen LogP contribution in [0.1, 0.15) is 5.56 Å². The van der Waals surface area contributed by atoms with Gasteiger partial charge in [-0.05, 0) is 11.6 Å². The smallest absolute Gasteiger partial charge is 0.298 e. The van der Waals surface area contributed by atoms with Crippen LogP contribution in [-0.4, -0.2) is 9.49 Å². The summed E-state index contributed by atoms with van der Waals surface area (Å²) in [5, 5.41) is 13.4. The fraction of sp³-hybridized carbons (Fsp3) is 0.167. The zero-order chi connectivity index (χ0) is 14.0. The van der Waals surface area contributed by atoms with Crippen LogP contribution in [0, 0.1) is 21.7 Å². The first-order valence-corrected chi connectivity index (χ1v) is 5.45. The second-order valence-electron chi connectivity index (χ2n) is 4.08. The fourth-order valence-corrected chi connectivity index (χ4v) is 1.73. The number of rotatable bonds is 4. The Hall–Kier alpha value is -2.44. The van der Waals surface area contributed by atoms with Crippen molar-refractivity contribution in [3.05, 3.63) is 57.9 Å². The van der Waals surface area contributed by atoms with Gasteiger partial charge in [0, 0.05) is 32.1 Å². The highest BCUT2D eigenvalue weighted by Crippen LogP contribution is 2.29. The van der Waals surface area contributed by atoms with Crippen LogP contribution >= 0.6 is 0 Å². The van der Waals surface area contributed by atoms with Crippen LogP contribution in [0.4, 0.5) is 20.2 Å². The molecule has 1 N–H and O–H groups in total. The topological polar surface area (TPSA) is 60.1 Å². The molecule has 0 fully saturated rings. The molecule has 2 rings (SSSR count). The number of nitro groups is 1. The molecule has 19 heavy (non-hydrogen) atoms. The molecule has 5 nitrogen and oxygen atoms in total. The van der Waals surface area contributed by atoms with Gasteiger partial charge in [0.2, 0.25) is 0 Å². The molecule has 100 valence electrons. The van der Waals surface area contributed by atoms with Gasteiger partial charge in [0.25, 0.3) is 5.69 Å². The maximum atomic E-state index is 13.6. The maximum absolute atomic E-state index is 13.6. The number of nitro benzene ring substituents is 1. The van der Waals surface area contributed by atoms with Crippen LogP contribution in [0.3, 0.4) is 0 Å². The number of nitrogens with one attached hydrogen (secondary N) is 1. The molecule has 0 saturated heterocycles. The lowest BCUT2D eigenvalue weighted by atomic mass is 10.2. The van der Waals surface area contributed by atoms with Gasteiger partial charge >= 0.3 is 0 Å². The zero-order valence-corrected chi connectivity index (χ0v) is 10.1. The number of hydrogen-bond donors (Lipinski definition) is 1. The summed E-state index contributed by atoms with van der Waals surface area (Å²) in [6.45, 7) is 0.213. The van der Waals surface area contributed by atoms with E-state index in [4.69, 9.17) is 0 Å². The minimum absolute atomic E-state index is 0.213. The van der Waals surface area contributed by atoms with Gasteiger partial charge < -0.3 is 9.88 Å². The Labute approximate surface area is 107 Å². The number of hydrogen-bond acceptors (Lipinski definition) is 3. The van der Waals surface area contributed by atoms with E-state index >= 15 is 0 Å². The Kier molecular flexibility index (Phi) is 3.46.